The zero-order valence-corrected chi connectivity index (χ0v) is 12.5. The standard InChI is InChI=1S/C17H25FN2O/c18-14-4-1-3-13(11-14)7-8-19-16-6-2-5-15(16)17-12-21-10-9-20-17/h1,3-4,11,15-17,19-20H,2,5-10,12H2. The van der Waals surface area contributed by atoms with Crippen LogP contribution in [-0.2, 0) is 11.2 Å². The summed E-state index contributed by atoms with van der Waals surface area (Å²) in [6, 6.07) is 7.97. The van der Waals surface area contributed by atoms with Crippen LogP contribution in [-0.4, -0.2) is 38.4 Å². The maximum Gasteiger partial charge on any atom is 0.123 e. The molecule has 3 atom stereocenters. The Morgan fingerprint density at radius 3 is 3.10 bits per heavy atom. The third-order valence-electron chi connectivity index (χ3n) is 4.75. The van der Waals surface area contributed by atoms with Gasteiger partial charge in [0.1, 0.15) is 5.82 Å². The Kier molecular flexibility index (Phi) is 5.22. The fourth-order valence-electron chi connectivity index (χ4n) is 3.68. The molecule has 0 spiro atoms. The topological polar surface area (TPSA) is 33.3 Å². The zero-order valence-electron chi connectivity index (χ0n) is 12.5. The van der Waals surface area contributed by atoms with Gasteiger partial charge >= 0.3 is 0 Å². The summed E-state index contributed by atoms with van der Waals surface area (Å²) in [5, 5.41) is 7.27. The van der Waals surface area contributed by atoms with E-state index in [9.17, 15) is 4.39 Å². The molecule has 2 N–H and O–H groups in total. The van der Waals surface area contributed by atoms with E-state index in [0.29, 0.717) is 18.0 Å². The van der Waals surface area contributed by atoms with Crippen LogP contribution >= 0.6 is 0 Å². The number of hydrogen-bond donors (Lipinski definition) is 2. The molecule has 3 nitrogen and oxygen atoms in total. The van der Waals surface area contributed by atoms with E-state index in [-0.39, 0.29) is 5.82 Å². The summed E-state index contributed by atoms with van der Waals surface area (Å²) < 4.78 is 18.8. The number of rotatable bonds is 5. The summed E-state index contributed by atoms with van der Waals surface area (Å²) in [6.45, 7) is 3.56. The Balaban J connectivity index is 1.47. The molecule has 1 aliphatic heterocycles. The smallest absolute Gasteiger partial charge is 0.123 e. The lowest BCUT2D eigenvalue weighted by Gasteiger charge is -2.33. The minimum absolute atomic E-state index is 0.144. The highest BCUT2D eigenvalue weighted by atomic mass is 19.1. The quantitative estimate of drug-likeness (QED) is 0.872. The lowest BCUT2D eigenvalue weighted by Crippen LogP contribution is -2.51. The highest BCUT2D eigenvalue weighted by Gasteiger charge is 2.34. The molecular weight excluding hydrogens is 267 g/mol. The van der Waals surface area contributed by atoms with E-state index in [1.54, 1.807) is 12.1 Å². The van der Waals surface area contributed by atoms with Gasteiger partial charge in [-0.05, 0) is 49.4 Å². The van der Waals surface area contributed by atoms with Gasteiger partial charge in [-0.3, -0.25) is 0 Å². The first-order valence-electron chi connectivity index (χ1n) is 8.12. The average molecular weight is 292 g/mol. The Morgan fingerprint density at radius 1 is 1.33 bits per heavy atom. The van der Waals surface area contributed by atoms with Crippen molar-refractivity contribution in [2.75, 3.05) is 26.3 Å². The normalized spacial score (nSPS) is 29.7. The van der Waals surface area contributed by atoms with E-state index < -0.39 is 0 Å². The zero-order chi connectivity index (χ0) is 14.5. The second kappa shape index (κ2) is 7.34. The number of nitrogens with one attached hydrogen (secondary N) is 2. The van der Waals surface area contributed by atoms with E-state index in [2.05, 4.69) is 10.6 Å². The fraction of sp³-hybridized carbons (Fsp3) is 0.647. The number of morpholine rings is 1. The summed E-state index contributed by atoms with van der Waals surface area (Å²) in [6.07, 6.45) is 4.70. The molecule has 116 valence electrons. The Bertz CT molecular complexity index is 448. The van der Waals surface area contributed by atoms with Crippen molar-refractivity contribution in [3.63, 3.8) is 0 Å². The molecule has 1 heterocycles. The molecule has 1 aromatic carbocycles. The molecule has 1 aromatic rings. The number of hydrogen-bond acceptors (Lipinski definition) is 3. The van der Waals surface area contributed by atoms with Gasteiger partial charge in [-0.2, -0.15) is 0 Å². The van der Waals surface area contributed by atoms with Gasteiger partial charge < -0.3 is 15.4 Å². The first-order chi connectivity index (χ1) is 10.3. The Hall–Kier alpha value is -0.970. The minimum Gasteiger partial charge on any atom is -0.379 e. The first kappa shape index (κ1) is 14.9. The SMILES string of the molecule is Fc1cccc(CCNC2CCCC2C2COCCN2)c1. The van der Waals surface area contributed by atoms with Gasteiger partial charge in [-0.25, -0.2) is 4.39 Å². The number of halogens is 1. The molecule has 2 aliphatic rings. The molecule has 0 amide bonds. The van der Waals surface area contributed by atoms with Gasteiger partial charge in [0.25, 0.3) is 0 Å². The summed E-state index contributed by atoms with van der Waals surface area (Å²) >= 11 is 0. The highest BCUT2D eigenvalue weighted by molar-refractivity contribution is 5.16. The van der Waals surface area contributed by atoms with Gasteiger partial charge in [0.05, 0.1) is 13.2 Å². The van der Waals surface area contributed by atoms with Crippen LogP contribution in [0, 0.1) is 11.7 Å². The second-order valence-corrected chi connectivity index (χ2v) is 6.17. The maximum absolute atomic E-state index is 13.2. The molecule has 0 aromatic heterocycles. The van der Waals surface area contributed by atoms with Crippen molar-refractivity contribution in [3.8, 4) is 0 Å². The molecule has 1 aliphatic carbocycles. The van der Waals surface area contributed by atoms with E-state index in [4.69, 9.17) is 4.74 Å². The lowest BCUT2D eigenvalue weighted by molar-refractivity contribution is 0.0526. The largest absolute Gasteiger partial charge is 0.379 e. The third kappa shape index (κ3) is 4.02. The van der Waals surface area contributed by atoms with Crippen molar-refractivity contribution >= 4 is 0 Å². The lowest BCUT2D eigenvalue weighted by atomic mass is 9.94. The monoisotopic (exact) mass is 292 g/mol. The van der Waals surface area contributed by atoms with Crippen LogP contribution in [0.4, 0.5) is 4.39 Å². The molecular formula is C17H25FN2O. The molecule has 3 rings (SSSR count). The van der Waals surface area contributed by atoms with Crippen molar-refractivity contribution in [1.82, 2.24) is 10.6 Å². The summed E-state index contributed by atoms with van der Waals surface area (Å²) in [5.74, 6) is 0.521. The third-order valence-corrected chi connectivity index (χ3v) is 4.75. The summed E-state index contributed by atoms with van der Waals surface area (Å²) in [7, 11) is 0. The van der Waals surface area contributed by atoms with Gasteiger partial charge in [0.2, 0.25) is 0 Å². The van der Waals surface area contributed by atoms with Crippen molar-refractivity contribution in [1.29, 1.82) is 0 Å². The van der Waals surface area contributed by atoms with Crippen LogP contribution in [0.15, 0.2) is 24.3 Å². The molecule has 3 unspecified atom stereocenters. The number of benzene rings is 1. The van der Waals surface area contributed by atoms with Crippen LogP contribution in [0.2, 0.25) is 0 Å². The minimum atomic E-state index is -0.144. The van der Waals surface area contributed by atoms with Crippen LogP contribution in [0.25, 0.3) is 0 Å². The van der Waals surface area contributed by atoms with Crippen molar-refractivity contribution in [3.05, 3.63) is 35.6 Å². The predicted molar refractivity (Wildman–Crippen MR) is 81.8 cm³/mol. The summed E-state index contributed by atoms with van der Waals surface area (Å²) in [4.78, 5) is 0. The molecule has 21 heavy (non-hydrogen) atoms. The van der Waals surface area contributed by atoms with Gasteiger partial charge in [-0.15, -0.1) is 0 Å². The van der Waals surface area contributed by atoms with E-state index in [1.807, 2.05) is 6.07 Å². The first-order valence-corrected chi connectivity index (χ1v) is 8.12. The van der Waals surface area contributed by atoms with Crippen molar-refractivity contribution in [2.45, 2.75) is 37.8 Å². The molecule has 2 fully saturated rings. The van der Waals surface area contributed by atoms with Gasteiger partial charge in [-0.1, -0.05) is 18.6 Å². The van der Waals surface area contributed by atoms with Gasteiger partial charge in [0.15, 0.2) is 0 Å². The van der Waals surface area contributed by atoms with Gasteiger partial charge in [0, 0.05) is 18.6 Å². The van der Waals surface area contributed by atoms with Crippen LogP contribution in [0.3, 0.4) is 0 Å². The van der Waals surface area contributed by atoms with Crippen molar-refractivity contribution in [2.24, 2.45) is 5.92 Å². The second-order valence-electron chi connectivity index (χ2n) is 6.17. The molecule has 0 radical (unpaired) electrons. The van der Waals surface area contributed by atoms with Crippen LogP contribution in [0.5, 0.6) is 0 Å². The highest BCUT2D eigenvalue weighted by Crippen LogP contribution is 2.29. The molecule has 4 heteroatoms. The molecule has 0 bridgehead atoms. The molecule has 1 saturated carbocycles. The Morgan fingerprint density at radius 2 is 2.29 bits per heavy atom. The predicted octanol–water partition coefficient (Wildman–Crippen LogP) is 2.11. The maximum atomic E-state index is 13.2. The Labute approximate surface area is 126 Å². The van der Waals surface area contributed by atoms with E-state index in [1.165, 1.54) is 25.3 Å². The van der Waals surface area contributed by atoms with Crippen molar-refractivity contribution < 1.29 is 9.13 Å². The van der Waals surface area contributed by atoms with Crippen LogP contribution < -0.4 is 10.6 Å². The molecule has 1 saturated heterocycles. The fourth-order valence-corrected chi connectivity index (χ4v) is 3.68. The number of ether oxygens (including phenoxy) is 1. The average Bonchev–Trinajstić information content (AvgIpc) is 2.97. The van der Waals surface area contributed by atoms with Crippen LogP contribution in [0.1, 0.15) is 24.8 Å². The van der Waals surface area contributed by atoms with E-state index in [0.717, 1.165) is 38.3 Å². The van der Waals surface area contributed by atoms with E-state index >= 15 is 0 Å². The summed E-state index contributed by atoms with van der Waals surface area (Å²) in [5.41, 5.74) is 1.07.